The monoisotopic (exact) mass is 329 g/mol. The molecule has 24 heavy (non-hydrogen) atoms. The molecule has 1 aromatic carbocycles. The van der Waals surface area contributed by atoms with Gasteiger partial charge < -0.3 is 19.9 Å². The molecular formula is C16H19N5O3. The van der Waals surface area contributed by atoms with Gasteiger partial charge in [0.1, 0.15) is 24.5 Å². The summed E-state index contributed by atoms with van der Waals surface area (Å²) in [5.74, 6) is 0.835. The van der Waals surface area contributed by atoms with Gasteiger partial charge in [0.15, 0.2) is 0 Å². The van der Waals surface area contributed by atoms with Crippen molar-refractivity contribution in [2.24, 2.45) is 7.05 Å². The molecule has 0 aliphatic carbocycles. The number of benzene rings is 1. The predicted octanol–water partition coefficient (Wildman–Crippen LogP) is 0.471. The van der Waals surface area contributed by atoms with E-state index in [9.17, 15) is 9.59 Å². The van der Waals surface area contributed by atoms with E-state index in [4.69, 9.17) is 4.74 Å². The third-order valence-electron chi connectivity index (χ3n) is 3.89. The number of amides is 2. The first-order valence-corrected chi connectivity index (χ1v) is 7.73. The minimum atomic E-state index is -0.246. The van der Waals surface area contributed by atoms with Crippen LogP contribution in [-0.4, -0.2) is 46.3 Å². The second kappa shape index (κ2) is 6.69. The number of nitrogens with zero attached hydrogens (tertiary/aromatic N) is 3. The molecule has 1 aromatic heterocycles. The van der Waals surface area contributed by atoms with Crippen LogP contribution >= 0.6 is 0 Å². The van der Waals surface area contributed by atoms with Crippen LogP contribution in [0.2, 0.25) is 0 Å². The van der Waals surface area contributed by atoms with Gasteiger partial charge in [-0.15, -0.1) is 10.2 Å². The summed E-state index contributed by atoms with van der Waals surface area (Å²) in [7, 11) is 1.86. The SMILES string of the molecule is CC(CNC(=O)c1ccc2c(c1)C(=O)NCCO2)c1nncn1C. The molecule has 0 saturated carbocycles. The molecule has 2 heterocycles. The Morgan fingerprint density at radius 2 is 2.33 bits per heavy atom. The highest BCUT2D eigenvalue weighted by Gasteiger charge is 2.19. The van der Waals surface area contributed by atoms with Gasteiger partial charge >= 0.3 is 0 Å². The van der Waals surface area contributed by atoms with Gasteiger partial charge in [-0.1, -0.05) is 6.92 Å². The van der Waals surface area contributed by atoms with Crippen LogP contribution in [0.15, 0.2) is 24.5 Å². The Bertz CT molecular complexity index is 771. The standard InChI is InChI=1S/C16H19N5O3/c1-10(14-20-19-9-21(14)2)8-18-15(22)11-3-4-13-12(7-11)16(23)17-5-6-24-13/h3-4,7,9-10H,5-6,8H2,1-2H3,(H,17,23)(H,18,22). The van der Waals surface area contributed by atoms with Crippen LogP contribution in [0.25, 0.3) is 0 Å². The third kappa shape index (κ3) is 3.22. The van der Waals surface area contributed by atoms with Gasteiger partial charge in [0, 0.05) is 25.1 Å². The Labute approximate surface area is 139 Å². The molecule has 1 atom stereocenters. The van der Waals surface area contributed by atoms with E-state index in [1.165, 1.54) is 0 Å². The number of carbonyl (C=O) groups excluding carboxylic acids is 2. The van der Waals surface area contributed by atoms with Gasteiger partial charge in [-0.05, 0) is 18.2 Å². The summed E-state index contributed by atoms with van der Waals surface area (Å²) in [5.41, 5.74) is 0.793. The molecule has 126 valence electrons. The molecule has 1 unspecified atom stereocenters. The number of fused-ring (bicyclic) bond motifs is 1. The van der Waals surface area contributed by atoms with Gasteiger partial charge in [-0.2, -0.15) is 0 Å². The zero-order chi connectivity index (χ0) is 17.1. The maximum absolute atomic E-state index is 12.4. The van der Waals surface area contributed by atoms with Crippen LogP contribution < -0.4 is 15.4 Å². The van der Waals surface area contributed by atoms with Crippen LogP contribution in [0.5, 0.6) is 5.75 Å². The molecule has 0 saturated heterocycles. The predicted molar refractivity (Wildman–Crippen MR) is 86.0 cm³/mol. The average molecular weight is 329 g/mol. The van der Waals surface area contributed by atoms with E-state index >= 15 is 0 Å². The van der Waals surface area contributed by atoms with Crippen molar-refractivity contribution in [1.29, 1.82) is 0 Å². The van der Waals surface area contributed by atoms with Crippen molar-refractivity contribution in [3.8, 4) is 5.75 Å². The average Bonchev–Trinajstić information content (AvgIpc) is 2.93. The number of aromatic nitrogens is 3. The first-order valence-electron chi connectivity index (χ1n) is 7.73. The Balaban J connectivity index is 1.69. The Hall–Kier alpha value is -2.90. The lowest BCUT2D eigenvalue weighted by molar-refractivity contribution is 0.0951. The van der Waals surface area contributed by atoms with E-state index in [0.29, 0.717) is 36.6 Å². The maximum atomic E-state index is 12.4. The molecule has 1 aliphatic heterocycles. The fourth-order valence-corrected chi connectivity index (χ4v) is 2.57. The summed E-state index contributed by atoms with van der Waals surface area (Å²) in [5, 5.41) is 13.5. The van der Waals surface area contributed by atoms with Crippen LogP contribution in [0, 0.1) is 0 Å². The number of ether oxygens (including phenoxy) is 1. The van der Waals surface area contributed by atoms with E-state index in [-0.39, 0.29) is 17.7 Å². The summed E-state index contributed by atoms with van der Waals surface area (Å²) in [6.45, 7) is 3.25. The topological polar surface area (TPSA) is 98.1 Å². The first kappa shape index (κ1) is 16.0. The summed E-state index contributed by atoms with van der Waals surface area (Å²) in [6.07, 6.45) is 1.62. The summed E-state index contributed by atoms with van der Waals surface area (Å²) in [6, 6.07) is 4.86. The number of nitrogens with one attached hydrogen (secondary N) is 2. The molecule has 0 bridgehead atoms. The van der Waals surface area contributed by atoms with Crippen molar-refractivity contribution in [1.82, 2.24) is 25.4 Å². The van der Waals surface area contributed by atoms with Gasteiger partial charge in [0.2, 0.25) is 0 Å². The van der Waals surface area contributed by atoms with E-state index in [2.05, 4.69) is 20.8 Å². The number of hydrogen-bond acceptors (Lipinski definition) is 5. The molecule has 2 amide bonds. The normalized spacial score (nSPS) is 14.8. The fourth-order valence-electron chi connectivity index (χ4n) is 2.57. The van der Waals surface area contributed by atoms with Crippen LogP contribution in [-0.2, 0) is 7.05 Å². The van der Waals surface area contributed by atoms with Crippen molar-refractivity contribution in [3.63, 3.8) is 0 Å². The van der Waals surface area contributed by atoms with Gasteiger partial charge in [-0.25, -0.2) is 0 Å². The zero-order valence-electron chi connectivity index (χ0n) is 13.6. The summed E-state index contributed by atoms with van der Waals surface area (Å²) < 4.78 is 7.30. The van der Waals surface area contributed by atoms with Gasteiger partial charge in [0.25, 0.3) is 11.8 Å². The molecule has 2 N–H and O–H groups in total. The van der Waals surface area contributed by atoms with E-state index in [0.717, 1.165) is 5.82 Å². The minimum Gasteiger partial charge on any atom is -0.491 e. The van der Waals surface area contributed by atoms with Gasteiger partial charge in [0.05, 0.1) is 12.1 Å². The molecule has 2 aromatic rings. The Morgan fingerprint density at radius 3 is 3.08 bits per heavy atom. The van der Waals surface area contributed by atoms with Crippen LogP contribution in [0.1, 0.15) is 39.4 Å². The highest BCUT2D eigenvalue weighted by molar-refractivity contribution is 6.01. The van der Waals surface area contributed by atoms with Gasteiger partial charge in [-0.3, -0.25) is 9.59 Å². The molecule has 8 heteroatoms. The van der Waals surface area contributed by atoms with E-state index in [1.54, 1.807) is 24.5 Å². The van der Waals surface area contributed by atoms with E-state index < -0.39 is 0 Å². The minimum absolute atomic E-state index is 0.0221. The second-order valence-corrected chi connectivity index (χ2v) is 5.73. The maximum Gasteiger partial charge on any atom is 0.255 e. The molecule has 0 spiro atoms. The highest BCUT2D eigenvalue weighted by atomic mass is 16.5. The molecule has 0 radical (unpaired) electrons. The molecule has 1 aliphatic rings. The zero-order valence-corrected chi connectivity index (χ0v) is 13.6. The molecule has 3 rings (SSSR count). The smallest absolute Gasteiger partial charge is 0.255 e. The summed E-state index contributed by atoms with van der Waals surface area (Å²) in [4.78, 5) is 24.4. The Kier molecular flexibility index (Phi) is 4.45. The first-order chi connectivity index (χ1) is 11.6. The molecule has 0 fully saturated rings. The third-order valence-corrected chi connectivity index (χ3v) is 3.89. The summed E-state index contributed by atoms with van der Waals surface area (Å²) >= 11 is 0. The van der Waals surface area contributed by atoms with Crippen molar-refractivity contribution < 1.29 is 14.3 Å². The van der Waals surface area contributed by atoms with Crippen molar-refractivity contribution in [3.05, 3.63) is 41.5 Å². The molecule has 8 nitrogen and oxygen atoms in total. The fraction of sp³-hybridized carbons (Fsp3) is 0.375. The quantitative estimate of drug-likeness (QED) is 0.850. The lowest BCUT2D eigenvalue weighted by atomic mass is 10.1. The number of rotatable bonds is 4. The second-order valence-electron chi connectivity index (χ2n) is 5.73. The lowest BCUT2D eigenvalue weighted by Gasteiger charge is -2.13. The lowest BCUT2D eigenvalue weighted by Crippen LogP contribution is -2.29. The van der Waals surface area contributed by atoms with Crippen molar-refractivity contribution in [2.45, 2.75) is 12.8 Å². The number of carbonyl (C=O) groups is 2. The van der Waals surface area contributed by atoms with Crippen molar-refractivity contribution >= 4 is 11.8 Å². The number of aryl methyl sites for hydroxylation is 1. The van der Waals surface area contributed by atoms with Crippen LogP contribution in [0.4, 0.5) is 0 Å². The number of hydrogen-bond donors (Lipinski definition) is 2. The Morgan fingerprint density at radius 1 is 1.50 bits per heavy atom. The van der Waals surface area contributed by atoms with Crippen molar-refractivity contribution in [2.75, 3.05) is 19.7 Å². The van der Waals surface area contributed by atoms with E-state index in [1.807, 2.05) is 18.5 Å². The van der Waals surface area contributed by atoms with Crippen LogP contribution in [0.3, 0.4) is 0 Å². The largest absolute Gasteiger partial charge is 0.491 e. The molecular weight excluding hydrogens is 310 g/mol. The highest BCUT2D eigenvalue weighted by Crippen LogP contribution is 2.22.